The van der Waals surface area contributed by atoms with Crippen molar-refractivity contribution in [2.75, 3.05) is 33.3 Å². The highest BCUT2D eigenvalue weighted by Crippen LogP contribution is 2.29. The van der Waals surface area contributed by atoms with Crippen LogP contribution in [-0.4, -0.2) is 64.3 Å². The Morgan fingerprint density at radius 1 is 1.07 bits per heavy atom. The molecule has 3 heterocycles. The Kier molecular flexibility index (Phi) is 4.80. The molecule has 7 nitrogen and oxygen atoms in total. The highest BCUT2D eigenvalue weighted by atomic mass is 32.1. The van der Waals surface area contributed by atoms with Crippen LogP contribution in [0.15, 0.2) is 30.5 Å². The van der Waals surface area contributed by atoms with Crippen molar-refractivity contribution in [3.8, 4) is 17.0 Å². The third kappa shape index (κ3) is 3.24. The largest absolute Gasteiger partial charge is 0.497 e. The molecule has 4 rings (SSSR count). The molecule has 28 heavy (non-hydrogen) atoms. The number of ether oxygens (including phenoxy) is 1. The summed E-state index contributed by atoms with van der Waals surface area (Å²) in [5, 5.41) is 0. The number of rotatable bonds is 3. The summed E-state index contributed by atoms with van der Waals surface area (Å²) < 4.78 is 7.18. The Balaban J connectivity index is 1.56. The Labute approximate surface area is 167 Å². The van der Waals surface area contributed by atoms with Crippen LogP contribution in [0, 0.1) is 6.92 Å². The number of methoxy groups -OCH3 is 1. The van der Waals surface area contributed by atoms with Crippen molar-refractivity contribution in [1.29, 1.82) is 0 Å². The fourth-order valence-electron chi connectivity index (χ4n) is 3.42. The lowest BCUT2D eigenvalue weighted by molar-refractivity contribution is -0.130. The number of fused-ring (bicyclic) bond motifs is 1. The van der Waals surface area contributed by atoms with Crippen LogP contribution in [0.5, 0.6) is 5.75 Å². The normalized spacial score (nSPS) is 14.5. The summed E-state index contributed by atoms with van der Waals surface area (Å²) in [6, 6.07) is 7.76. The molecule has 0 aliphatic carbocycles. The number of carbonyl (C=O) groups excluding carboxylic acids is 2. The number of aryl methyl sites for hydroxylation is 1. The first-order chi connectivity index (χ1) is 13.5. The average molecular weight is 398 g/mol. The van der Waals surface area contributed by atoms with Gasteiger partial charge in [0.15, 0.2) is 4.96 Å². The van der Waals surface area contributed by atoms with Gasteiger partial charge < -0.3 is 14.5 Å². The first-order valence-corrected chi connectivity index (χ1v) is 9.97. The molecular weight excluding hydrogens is 376 g/mol. The molecule has 1 aliphatic heterocycles. The van der Waals surface area contributed by atoms with Crippen molar-refractivity contribution in [3.63, 3.8) is 0 Å². The maximum atomic E-state index is 13.0. The maximum absolute atomic E-state index is 13.0. The zero-order chi connectivity index (χ0) is 19.8. The van der Waals surface area contributed by atoms with E-state index in [0.29, 0.717) is 31.1 Å². The number of amides is 2. The average Bonchev–Trinajstić information content (AvgIpc) is 3.27. The summed E-state index contributed by atoms with van der Waals surface area (Å²) in [7, 11) is 1.64. The molecule has 146 valence electrons. The molecule has 0 radical (unpaired) electrons. The number of aromatic nitrogens is 2. The summed E-state index contributed by atoms with van der Waals surface area (Å²) in [6.07, 6.45) is 1.97. The van der Waals surface area contributed by atoms with E-state index in [2.05, 4.69) is 0 Å². The second-order valence-corrected chi connectivity index (χ2v) is 7.80. The summed E-state index contributed by atoms with van der Waals surface area (Å²) in [6.45, 7) is 5.82. The number of hydrogen-bond donors (Lipinski definition) is 0. The van der Waals surface area contributed by atoms with Crippen molar-refractivity contribution in [2.45, 2.75) is 13.8 Å². The van der Waals surface area contributed by atoms with Gasteiger partial charge in [-0.3, -0.25) is 14.0 Å². The number of piperazine rings is 1. The number of thiazole rings is 1. The van der Waals surface area contributed by atoms with E-state index in [1.54, 1.807) is 18.9 Å². The summed E-state index contributed by atoms with van der Waals surface area (Å²) in [5.41, 5.74) is 2.77. The molecule has 2 aromatic heterocycles. The van der Waals surface area contributed by atoms with E-state index in [0.717, 1.165) is 27.7 Å². The van der Waals surface area contributed by atoms with E-state index in [9.17, 15) is 9.59 Å². The van der Waals surface area contributed by atoms with Gasteiger partial charge in [0, 0.05) is 50.6 Å². The molecular formula is C20H22N4O3S. The standard InChI is InChI=1S/C20H22N4O3S/c1-13-18(19(26)23-10-8-22(9-11-23)14(2)25)28-20-21-17(12-24(13)20)15-4-6-16(27-3)7-5-15/h4-7,12H,8-11H2,1-3H3. The van der Waals surface area contributed by atoms with E-state index in [4.69, 9.17) is 9.72 Å². The molecule has 1 saturated heterocycles. The minimum atomic E-state index is 0.0159. The van der Waals surface area contributed by atoms with Crippen LogP contribution in [0.4, 0.5) is 0 Å². The highest BCUT2D eigenvalue weighted by Gasteiger charge is 2.26. The lowest BCUT2D eigenvalue weighted by Gasteiger charge is -2.34. The molecule has 0 saturated carbocycles. The predicted octanol–water partition coefficient (Wildman–Crippen LogP) is 2.68. The zero-order valence-corrected chi connectivity index (χ0v) is 17.0. The zero-order valence-electron chi connectivity index (χ0n) is 16.1. The van der Waals surface area contributed by atoms with E-state index in [1.807, 2.05) is 46.7 Å². The van der Waals surface area contributed by atoms with Gasteiger partial charge in [0.1, 0.15) is 10.6 Å². The maximum Gasteiger partial charge on any atom is 0.265 e. The smallest absolute Gasteiger partial charge is 0.265 e. The Bertz CT molecular complexity index is 1030. The van der Waals surface area contributed by atoms with Crippen LogP contribution in [0.3, 0.4) is 0 Å². The monoisotopic (exact) mass is 398 g/mol. The van der Waals surface area contributed by atoms with Gasteiger partial charge in [-0.05, 0) is 31.2 Å². The van der Waals surface area contributed by atoms with Gasteiger partial charge in [-0.25, -0.2) is 4.98 Å². The fraction of sp³-hybridized carbons (Fsp3) is 0.350. The van der Waals surface area contributed by atoms with Crippen molar-refractivity contribution < 1.29 is 14.3 Å². The fourth-order valence-corrected chi connectivity index (χ4v) is 4.49. The Morgan fingerprint density at radius 3 is 2.29 bits per heavy atom. The van der Waals surface area contributed by atoms with Gasteiger partial charge in [-0.15, -0.1) is 0 Å². The molecule has 1 fully saturated rings. The lowest BCUT2D eigenvalue weighted by Crippen LogP contribution is -2.50. The van der Waals surface area contributed by atoms with E-state index in [1.165, 1.54) is 11.3 Å². The van der Waals surface area contributed by atoms with Gasteiger partial charge in [0.05, 0.1) is 12.8 Å². The molecule has 8 heteroatoms. The number of benzene rings is 1. The third-order valence-electron chi connectivity index (χ3n) is 5.15. The van der Waals surface area contributed by atoms with Gasteiger partial charge >= 0.3 is 0 Å². The Morgan fingerprint density at radius 2 is 1.71 bits per heavy atom. The molecule has 0 spiro atoms. The predicted molar refractivity (Wildman–Crippen MR) is 108 cm³/mol. The first kappa shape index (κ1) is 18.5. The molecule has 1 aliphatic rings. The van der Waals surface area contributed by atoms with Gasteiger partial charge in [-0.1, -0.05) is 11.3 Å². The number of imidazole rings is 1. The summed E-state index contributed by atoms with van der Waals surface area (Å²) in [5.74, 6) is 0.879. The van der Waals surface area contributed by atoms with Crippen LogP contribution in [0.1, 0.15) is 22.3 Å². The number of carbonyl (C=O) groups is 2. The van der Waals surface area contributed by atoms with Crippen LogP contribution < -0.4 is 4.74 Å². The number of hydrogen-bond acceptors (Lipinski definition) is 5. The molecule has 1 aromatic carbocycles. The van der Waals surface area contributed by atoms with Gasteiger partial charge in [0.25, 0.3) is 5.91 Å². The SMILES string of the molecule is COc1ccc(-c2cn3c(C)c(C(=O)N4CCN(C(C)=O)CC4)sc3n2)cc1. The Hall–Kier alpha value is -2.87. The summed E-state index contributed by atoms with van der Waals surface area (Å²) >= 11 is 1.41. The molecule has 2 amide bonds. The quantitative estimate of drug-likeness (QED) is 0.680. The minimum Gasteiger partial charge on any atom is -0.497 e. The van der Waals surface area contributed by atoms with Crippen LogP contribution in [0.25, 0.3) is 16.2 Å². The molecule has 0 bridgehead atoms. The summed E-state index contributed by atoms with van der Waals surface area (Å²) in [4.78, 5) is 34.2. The van der Waals surface area contributed by atoms with Crippen molar-refractivity contribution in [3.05, 3.63) is 41.0 Å². The molecule has 0 N–H and O–H groups in total. The van der Waals surface area contributed by atoms with Gasteiger partial charge in [0.2, 0.25) is 5.91 Å². The van der Waals surface area contributed by atoms with Crippen LogP contribution in [-0.2, 0) is 4.79 Å². The molecule has 0 unspecified atom stereocenters. The van der Waals surface area contributed by atoms with Crippen LogP contribution in [0.2, 0.25) is 0 Å². The number of nitrogens with zero attached hydrogens (tertiary/aromatic N) is 4. The minimum absolute atomic E-state index is 0.0159. The van der Waals surface area contributed by atoms with Crippen molar-refractivity contribution in [1.82, 2.24) is 19.2 Å². The molecule has 0 atom stereocenters. The van der Waals surface area contributed by atoms with Crippen LogP contribution >= 0.6 is 11.3 Å². The van der Waals surface area contributed by atoms with E-state index < -0.39 is 0 Å². The van der Waals surface area contributed by atoms with Crippen molar-refractivity contribution in [2.24, 2.45) is 0 Å². The second-order valence-electron chi connectivity index (χ2n) is 6.82. The third-order valence-corrected chi connectivity index (χ3v) is 6.29. The van der Waals surface area contributed by atoms with E-state index in [-0.39, 0.29) is 11.8 Å². The topological polar surface area (TPSA) is 67.2 Å². The molecule has 3 aromatic rings. The lowest BCUT2D eigenvalue weighted by atomic mass is 10.2. The van der Waals surface area contributed by atoms with Gasteiger partial charge in [-0.2, -0.15) is 0 Å². The van der Waals surface area contributed by atoms with E-state index >= 15 is 0 Å². The second kappa shape index (κ2) is 7.27. The first-order valence-electron chi connectivity index (χ1n) is 9.15. The highest BCUT2D eigenvalue weighted by molar-refractivity contribution is 7.19. The van der Waals surface area contributed by atoms with Crippen molar-refractivity contribution >= 4 is 28.1 Å².